The van der Waals surface area contributed by atoms with Crippen molar-refractivity contribution in [2.75, 3.05) is 19.6 Å². The standard InChI is InChI=1S/C34H42ClN3O/c35-31-9-8-27-29(37-31)7-4-11-34(27)20-36-19-28(34)33(39)38-12-10-24(23-5-2-1-3-6-23)18-30(38)32-25-14-21-13-22(16-25)17-26(32)15-21/h1-3,5-6,8-9,21-22,24-26,28,30,32,36H,4,7,10-20H2/t21?,22?,24?,25?,26?,28-,30?,32?,34-/m0/s1. The Balaban J connectivity index is 1.14. The number of hydrogen-bond donors (Lipinski definition) is 1. The third kappa shape index (κ3) is 4.02. The molecule has 7 aliphatic rings. The molecule has 5 heteroatoms. The van der Waals surface area contributed by atoms with Gasteiger partial charge in [0.1, 0.15) is 5.15 Å². The molecule has 1 aromatic heterocycles. The summed E-state index contributed by atoms with van der Waals surface area (Å²) in [4.78, 5) is 22.1. The van der Waals surface area contributed by atoms with Gasteiger partial charge in [-0.1, -0.05) is 48.0 Å². The number of likely N-dealkylation sites (tertiary alicyclic amines) is 1. The Morgan fingerprint density at radius 2 is 1.74 bits per heavy atom. The summed E-state index contributed by atoms with van der Waals surface area (Å²) in [5.74, 6) is 5.25. The fraction of sp³-hybridized carbons (Fsp3) is 0.647. The van der Waals surface area contributed by atoms with Crippen molar-refractivity contribution in [3.05, 3.63) is 64.4 Å². The number of carbonyl (C=O) groups is 1. The lowest BCUT2D eigenvalue weighted by Gasteiger charge is -2.59. The van der Waals surface area contributed by atoms with Crippen molar-refractivity contribution in [1.29, 1.82) is 0 Å². The lowest BCUT2D eigenvalue weighted by molar-refractivity contribution is -0.149. The number of fused-ring (bicyclic) bond motifs is 2. The molecule has 2 aromatic rings. The van der Waals surface area contributed by atoms with E-state index in [9.17, 15) is 4.79 Å². The lowest BCUT2D eigenvalue weighted by atomic mass is 9.49. The Morgan fingerprint density at radius 1 is 0.974 bits per heavy atom. The van der Waals surface area contributed by atoms with Crippen LogP contribution < -0.4 is 5.32 Å². The normalized spacial score (nSPS) is 40.7. The maximum atomic E-state index is 14.9. The number of halogens is 1. The summed E-state index contributed by atoms with van der Waals surface area (Å²) in [6.07, 6.45) is 12.5. The fourth-order valence-electron chi connectivity index (χ4n) is 10.9. The average Bonchev–Trinajstić information content (AvgIpc) is 3.36. The molecule has 1 aromatic carbocycles. The summed E-state index contributed by atoms with van der Waals surface area (Å²) in [6.45, 7) is 2.57. The summed E-state index contributed by atoms with van der Waals surface area (Å²) in [5, 5.41) is 4.25. The van der Waals surface area contributed by atoms with E-state index in [4.69, 9.17) is 16.6 Å². The minimum Gasteiger partial charge on any atom is -0.339 e. The SMILES string of the molecule is O=C([C@@H]1CNC[C@]12CCCc1nc(Cl)ccc12)N1CCC(c2ccccc2)CC1C1C2CC3CC(C2)CC1C3. The second-order valence-corrected chi connectivity index (χ2v) is 14.4. The number of amides is 1. The van der Waals surface area contributed by atoms with Crippen LogP contribution >= 0.6 is 11.6 Å². The monoisotopic (exact) mass is 543 g/mol. The van der Waals surface area contributed by atoms with Gasteiger partial charge in [0.15, 0.2) is 0 Å². The van der Waals surface area contributed by atoms with Gasteiger partial charge >= 0.3 is 0 Å². The van der Waals surface area contributed by atoms with Crippen molar-refractivity contribution in [3.8, 4) is 0 Å². The number of aromatic nitrogens is 1. The quantitative estimate of drug-likeness (QED) is 0.457. The summed E-state index contributed by atoms with van der Waals surface area (Å²) >= 11 is 6.32. The van der Waals surface area contributed by atoms with Crippen LogP contribution in [0.4, 0.5) is 0 Å². The number of rotatable bonds is 3. The minimum absolute atomic E-state index is 0.00728. The van der Waals surface area contributed by atoms with Gasteiger partial charge in [-0.15, -0.1) is 0 Å². The van der Waals surface area contributed by atoms with E-state index >= 15 is 0 Å². The Labute approximate surface area is 238 Å². The predicted molar refractivity (Wildman–Crippen MR) is 155 cm³/mol. The number of piperidine rings is 1. The molecule has 1 spiro atoms. The average molecular weight is 544 g/mol. The number of benzene rings is 1. The van der Waals surface area contributed by atoms with Crippen LogP contribution in [-0.2, 0) is 16.6 Å². The van der Waals surface area contributed by atoms with Crippen LogP contribution in [0.25, 0.3) is 0 Å². The second kappa shape index (κ2) is 9.58. The molecule has 2 unspecified atom stereocenters. The van der Waals surface area contributed by atoms with Crippen LogP contribution in [0.3, 0.4) is 0 Å². The van der Waals surface area contributed by atoms with E-state index in [2.05, 4.69) is 46.6 Å². The van der Waals surface area contributed by atoms with Gasteiger partial charge in [-0.25, -0.2) is 4.98 Å². The molecule has 206 valence electrons. The number of pyridine rings is 1. The molecule has 4 bridgehead atoms. The van der Waals surface area contributed by atoms with Gasteiger partial charge in [-0.3, -0.25) is 4.79 Å². The summed E-state index contributed by atoms with van der Waals surface area (Å²) in [5.41, 5.74) is 3.73. The topological polar surface area (TPSA) is 45.2 Å². The second-order valence-electron chi connectivity index (χ2n) is 14.1. The molecule has 9 rings (SSSR count). The van der Waals surface area contributed by atoms with Crippen LogP contribution in [0.2, 0.25) is 5.15 Å². The Morgan fingerprint density at radius 3 is 2.51 bits per heavy atom. The first-order valence-electron chi connectivity index (χ1n) is 15.8. The van der Waals surface area contributed by atoms with Crippen LogP contribution in [0.1, 0.15) is 80.5 Å². The van der Waals surface area contributed by atoms with Gasteiger partial charge < -0.3 is 10.2 Å². The van der Waals surface area contributed by atoms with Crippen molar-refractivity contribution < 1.29 is 4.79 Å². The molecule has 39 heavy (non-hydrogen) atoms. The zero-order valence-electron chi connectivity index (χ0n) is 23.0. The van der Waals surface area contributed by atoms with Crippen LogP contribution in [0, 0.1) is 35.5 Å². The molecule has 0 radical (unpaired) electrons. The number of aryl methyl sites for hydroxylation is 1. The highest BCUT2D eigenvalue weighted by atomic mass is 35.5. The molecule has 3 heterocycles. The van der Waals surface area contributed by atoms with Crippen molar-refractivity contribution in [2.24, 2.45) is 35.5 Å². The highest BCUT2D eigenvalue weighted by molar-refractivity contribution is 6.29. The van der Waals surface area contributed by atoms with Crippen molar-refractivity contribution in [3.63, 3.8) is 0 Å². The Bertz CT molecular complexity index is 1220. The van der Waals surface area contributed by atoms with E-state index in [0.717, 1.165) is 81.1 Å². The van der Waals surface area contributed by atoms with E-state index in [1.807, 2.05) is 6.07 Å². The first kappa shape index (κ1) is 24.9. The molecule has 4 atom stereocenters. The maximum absolute atomic E-state index is 14.9. The lowest BCUT2D eigenvalue weighted by Crippen LogP contribution is -2.59. The Kier molecular flexibility index (Phi) is 6.11. The number of carbonyl (C=O) groups excluding carboxylic acids is 1. The van der Waals surface area contributed by atoms with Gasteiger partial charge in [0, 0.05) is 36.8 Å². The summed E-state index contributed by atoms with van der Waals surface area (Å²) in [7, 11) is 0. The molecular formula is C34H42ClN3O. The van der Waals surface area contributed by atoms with Gasteiger partial charge in [-0.2, -0.15) is 0 Å². The van der Waals surface area contributed by atoms with Gasteiger partial charge in [-0.05, 0) is 117 Å². The first-order chi connectivity index (χ1) is 19.1. The molecule has 6 fully saturated rings. The molecule has 2 aliphatic heterocycles. The smallest absolute Gasteiger partial charge is 0.228 e. The largest absolute Gasteiger partial charge is 0.339 e. The predicted octanol–water partition coefficient (Wildman–Crippen LogP) is 6.38. The molecule has 2 saturated heterocycles. The Hall–Kier alpha value is -1.91. The van der Waals surface area contributed by atoms with E-state index in [1.54, 1.807) is 0 Å². The first-order valence-corrected chi connectivity index (χ1v) is 16.2. The number of hydrogen-bond acceptors (Lipinski definition) is 3. The molecule has 4 saturated carbocycles. The van der Waals surface area contributed by atoms with Gasteiger partial charge in [0.05, 0.1) is 5.92 Å². The van der Waals surface area contributed by atoms with Gasteiger partial charge in [0.25, 0.3) is 0 Å². The fourth-order valence-corrected chi connectivity index (χ4v) is 11.1. The molecule has 5 aliphatic carbocycles. The maximum Gasteiger partial charge on any atom is 0.228 e. The highest BCUT2D eigenvalue weighted by Gasteiger charge is 2.56. The van der Waals surface area contributed by atoms with Crippen molar-refractivity contribution in [1.82, 2.24) is 15.2 Å². The van der Waals surface area contributed by atoms with Crippen molar-refractivity contribution >= 4 is 17.5 Å². The van der Waals surface area contributed by atoms with E-state index in [0.29, 0.717) is 28.9 Å². The minimum atomic E-state index is -0.146. The summed E-state index contributed by atoms with van der Waals surface area (Å²) in [6, 6.07) is 15.7. The van der Waals surface area contributed by atoms with E-state index in [-0.39, 0.29) is 11.3 Å². The molecule has 4 nitrogen and oxygen atoms in total. The molecule has 1 amide bonds. The van der Waals surface area contributed by atoms with Gasteiger partial charge in [0.2, 0.25) is 5.91 Å². The zero-order chi connectivity index (χ0) is 26.1. The highest BCUT2D eigenvalue weighted by Crippen LogP contribution is 2.59. The third-order valence-corrected chi connectivity index (χ3v) is 12.4. The van der Waals surface area contributed by atoms with E-state index < -0.39 is 0 Å². The van der Waals surface area contributed by atoms with Crippen LogP contribution in [0.5, 0.6) is 0 Å². The molecule has 1 N–H and O–H groups in total. The van der Waals surface area contributed by atoms with Crippen LogP contribution in [0.15, 0.2) is 42.5 Å². The number of nitrogens with zero attached hydrogens (tertiary/aromatic N) is 2. The molecular weight excluding hydrogens is 502 g/mol. The zero-order valence-corrected chi connectivity index (χ0v) is 23.8. The van der Waals surface area contributed by atoms with Crippen LogP contribution in [-0.4, -0.2) is 41.5 Å². The number of nitrogens with one attached hydrogen (secondary N) is 1. The third-order valence-electron chi connectivity index (χ3n) is 12.2. The van der Waals surface area contributed by atoms with Crippen molar-refractivity contribution in [2.45, 2.75) is 81.6 Å². The summed E-state index contributed by atoms with van der Waals surface area (Å²) < 4.78 is 0. The van der Waals surface area contributed by atoms with E-state index in [1.165, 1.54) is 43.2 Å².